The van der Waals surface area contributed by atoms with E-state index in [1.165, 1.54) is 12.1 Å². The molecule has 43 heavy (non-hydrogen) atoms. The van der Waals surface area contributed by atoms with Crippen LogP contribution in [0.5, 0.6) is 0 Å². The van der Waals surface area contributed by atoms with Gasteiger partial charge in [-0.15, -0.1) is 0 Å². The van der Waals surface area contributed by atoms with Crippen LogP contribution in [0, 0.1) is 17.0 Å². The van der Waals surface area contributed by atoms with Crippen LogP contribution < -0.4 is 5.09 Å². The van der Waals surface area contributed by atoms with E-state index in [1.54, 1.807) is 35.7 Å². The molecule has 1 unspecified atom stereocenters. The Balaban J connectivity index is 1.60. The van der Waals surface area contributed by atoms with Gasteiger partial charge in [-0.2, -0.15) is 0 Å². The second-order valence-electron chi connectivity index (χ2n) is 11.5. The molecule has 12 heteroatoms. The normalized spacial score (nSPS) is 21.4. The van der Waals surface area contributed by atoms with E-state index in [4.69, 9.17) is 11.6 Å². The third-order valence-electron chi connectivity index (χ3n) is 9.01. The van der Waals surface area contributed by atoms with Gasteiger partial charge in [-0.3, -0.25) is 29.4 Å². The maximum absolute atomic E-state index is 15.4. The van der Waals surface area contributed by atoms with Crippen LogP contribution in [0.25, 0.3) is 5.52 Å². The van der Waals surface area contributed by atoms with Gasteiger partial charge < -0.3 is 4.40 Å². The third kappa shape index (κ3) is 5.78. The van der Waals surface area contributed by atoms with Crippen LogP contribution in [0.1, 0.15) is 97.2 Å². The molecule has 0 saturated carbocycles. The lowest BCUT2D eigenvalue weighted by atomic mass is 10.0. The van der Waals surface area contributed by atoms with Gasteiger partial charge in [0.05, 0.1) is 21.7 Å². The van der Waals surface area contributed by atoms with Crippen molar-refractivity contribution in [3.63, 3.8) is 0 Å². The van der Waals surface area contributed by atoms with E-state index in [1.807, 2.05) is 0 Å². The Labute approximate surface area is 257 Å². The number of nitro benzene ring substituents is 1. The summed E-state index contributed by atoms with van der Waals surface area (Å²) in [6.07, 6.45) is 9.20. The molecule has 5 rings (SSSR count). The molecule has 3 atom stereocenters. The highest BCUT2D eigenvalue weighted by molar-refractivity contribution is 7.57. The number of hydrogen-bond donors (Lipinski definition) is 1. The third-order valence-corrected chi connectivity index (χ3v) is 12.3. The van der Waals surface area contributed by atoms with Gasteiger partial charge >= 0.3 is 7.59 Å². The lowest BCUT2D eigenvalue weighted by Gasteiger charge is -2.48. The Bertz CT molecular complexity index is 1580. The summed E-state index contributed by atoms with van der Waals surface area (Å²) in [5.41, 5.74) is 1.09. The molecule has 0 aliphatic carbocycles. The van der Waals surface area contributed by atoms with E-state index >= 15 is 4.57 Å². The zero-order valence-corrected chi connectivity index (χ0v) is 26.6. The molecule has 1 aromatic carbocycles. The molecule has 1 N–H and O–H groups in total. The number of carbonyl (C=O) groups is 2. The van der Waals surface area contributed by atoms with Crippen molar-refractivity contribution in [2.75, 3.05) is 13.1 Å². The number of ketones is 1. The molecule has 10 nitrogen and oxygen atoms in total. The van der Waals surface area contributed by atoms with Gasteiger partial charge in [0, 0.05) is 43.0 Å². The summed E-state index contributed by atoms with van der Waals surface area (Å²) in [4.78, 5) is 39.1. The molecule has 230 valence electrons. The highest BCUT2D eigenvalue weighted by Crippen LogP contribution is 2.56. The zero-order valence-electron chi connectivity index (χ0n) is 24.9. The summed E-state index contributed by atoms with van der Waals surface area (Å²) >= 11 is 6.00. The van der Waals surface area contributed by atoms with Crippen LogP contribution in [0.4, 0.5) is 5.69 Å². The molecular formula is C31H39ClN5O5P. The monoisotopic (exact) mass is 627 g/mol. The fourth-order valence-corrected chi connectivity index (χ4v) is 10.2. The zero-order chi connectivity index (χ0) is 30.9. The molecule has 1 amide bonds. The van der Waals surface area contributed by atoms with E-state index < -0.39 is 24.2 Å². The average Bonchev–Trinajstić information content (AvgIpc) is 3.32. The minimum Gasteiger partial charge on any atom is -0.313 e. The van der Waals surface area contributed by atoms with Gasteiger partial charge in [0.1, 0.15) is 5.02 Å². The highest BCUT2D eigenvalue weighted by Gasteiger charge is 2.46. The number of piperidine rings is 2. The number of rotatable bonds is 9. The van der Waals surface area contributed by atoms with E-state index in [9.17, 15) is 19.7 Å². The molecule has 2 aliphatic heterocycles. The summed E-state index contributed by atoms with van der Waals surface area (Å²) in [5.74, 6) is -0.976. The van der Waals surface area contributed by atoms with Crippen LogP contribution in [0.3, 0.4) is 0 Å². The van der Waals surface area contributed by atoms with E-state index in [2.05, 4.69) is 28.3 Å². The van der Waals surface area contributed by atoms with Crippen molar-refractivity contribution >= 4 is 42.1 Å². The van der Waals surface area contributed by atoms with Crippen LogP contribution in [-0.2, 0) is 4.57 Å². The number of hydrogen-bond acceptors (Lipinski definition) is 5. The van der Waals surface area contributed by atoms with Crippen molar-refractivity contribution in [3.8, 4) is 0 Å². The number of amides is 1. The maximum Gasteiger partial charge on any atom is 0.311 e. The fraction of sp³-hybridized carbons (Fsp3) is 0.484. The predicted octanol–water partition coefficient (Wildman–Crippen LogP) is 7.41. The Morgan fingerprint density at radius 2 is 1.65 bits per heavy atom. The molecule has 0 bridgehead atoms. The topological polar surface area (TPSA) is 117 Å². The van der Waals surface area contributed by atoms with Crippen molar-refractivity contribution in [2.45, 2.75) is 84.2 Å². The lowest BCUT2D eigenvalue weighted by molar-refractivity contribution is -0.384. The summed E-state index contributed by atoms with van der Waals surface area (Å²) in [7, 11) is -3.55. The van der Waals surface area contributed by atoms with Crippen LogP contribution in [0.2, 0.25) is 5.02 Å². The Kier molecular flexibility index (Phi) is 9.42. The van der Waals surface area contributed by atoms with Crippen molar-refractivity contribution in [2.24, 2.45) is 0 Å². The number of nitrogens with one attached hydrogen (secondary N) is 1. The number of fused-ring (bicyclic) bond motifs is 1. The number of nitrogens with zero attached hydrogens (tertiary/aromatic N) is 4. The lowest BCUT2D eigenvalue weighted by Crippen LogP contribution is -2.50. The van der Waals surface area contributed by atoms with Crippen molar-refractivity contribution < 1.29 is 19.1 Å². The first-order chi connectivity index (χ1) is 20.6. The Morgan fingerprint density at radius 1 is 1.02 bits per heavy atom. The quantitative estimate of drug-likeness (QED) is 0.114. The number of carbonyl (C=O) groups excluding carboxylic acids is 2. The number of aromatic nitrogens is 1. The van der Waals surface area contributed by atoms with Gasteiger partial charge in [0.25, 0.3) is 11.6 Å². The van der Waals surface area contributed by atoms with E-state index in [-0.39, 0.29) is 39.6 Å². The predicted molar refractivity (Wildman–Crippen MR) is 168 cm³/mol. The minimum atomic E-state index is -3.55. The summed E-state index contributed by atoms with van der Waals surface area (Å²) < 4.78 is 21.1. The Hall–Kier alpha value is -3.04. The number of pyridine rings is 1. The Morgan fingerprint density at radius 3 is 2.23 bits per heavy atom. The standard InChI is InChI=1S/C31H39ClN5O5P/c1-4-23-12-6-10-18-35(23)43(42,36-19-11-7-13-24(36)5-2)33-31(39)28-21(3)29(34-17-9-8-14-26(28)34)30(38)22-15-16-25(32)27(20-22)37(40)41/h8-9,14-17,20,23-24H,4-7,10-13,18-19H2,1-3H3,(H,33,39,42)/t23-,24+,43?. The van der Waals surface area contributed by atoms with Gasteiger partial charge in [0.2, 0.25) is 5.78 Å². The summed E-state index contributed by atoms with van der Waals surface area (Å²) in [6, 6.07) is 9.40. The van der Waals surface area contributed by atoms with Gasteiger partial charge in [0.15, 0.2) is 0 Å². The fourth-order valence-electron chi connectivity index (χ4n) is 6.81. The largest absolute Gasteiger partial charge is 0.313 e. The summed E-state index contributed by atoms with van der Waals surface area (Å²) in [5, 5.41) is 14.5. The molecule has 2 aliphatic rings. The van der Waals surface area contributed by atoms with Crippen LogP contribution >= 0.6 is 19.2 Å². The molecule has 0 spiro atoms. The van der Waals surface area contributed by atoms with Crippen LogP contribution in [-0.4, -0.2) is 55.5 Å². The molecule has 3 aromatic rings. The van der Waals surface area contributed by atoms with Gasteiger partial charge in [-0.05, 0) is 75.3 Å². The van der Waals surface area contributed by atoms with Crippen molar-refractivity contribution in [1.29, 1.82) is 0 Å². The first-order valence-electron chi connectivity index (χ1n) is 15.2. The molecule has 2 fully saturated rings. The first kappa shape index (κ1) is 31.4. The van der Waals surface area contributed by atoms with E-state index in [0.29, 0.717) is 24.2 Å². The SMILES string of the molecule is CC[C@@H]1CCCCN1P(=O)(NC(=O)c1c(C)c(C(=O)c2ccc(Cl)c([N+](=O)[O-])c2)n2ccccc12)N1CCCC[C@@H]1CC. The van der Waals surface area contributed by atoms with Crippen LogP contribution in [0.15, 0.2) is 42.6 Å². The smallest absolute Gasteiger partial charge is 0.311 e. The molecule has 0 radical (unpaired) electrons. The van der Waals surface area contributed by atoms with Crippen molar-refractivity contribution in [3.05, 3.63) is 80.1 Å². The second-order valence-corrected chi connectivity index (χ2v) is 14.2. The molecular weight excluding hydrogens is 589 g/mol. The number of nitro groups is 1. The molecule has 2 aromatic heterocycles. The molecule has 4 heterocycles. The average molecular weight is 628 g/mol. The first-order valence-corrected chi connectivity index (χ1v) is 17.2. The number of benzene rings is 1. The highest BCUT2D eigenvalue weighted by atomic mass is 35.5. The van der Waals surface area contributed by atoms with E-state index in [0.717, 1.165) is 57.4 Å². The second kappa shape index (κ2) is 12.9. The maximum atomic E-state index is 15.4. The summed E-state index contributed by atoms with van der Waals surface area (Å²) in [6.45, 7) is 7.20. The van der Waals surface area contributed by atoms with Crippen molar-refractivity contribution in [1.82, 2.24) is 18.8 Å². The van der Waals surface area contributed by atoms with Gasteiger partial charge in [-0.1, -0.05) is 44.4 Å². The number of halogens is 1. The molecule has 2 saturated heterocycles. The van der Waals surface area contributed by atoms with Gasteiger partial charge in [-0.25, -0.2) is 9.34 Å². The minimum absolute atomic E-state index is 0.0692.